The Balaban J connectivity index is 1.77. The lowest BCUT2D eigenvalue weighted by Gasteiger charge is -2.22. The van der Waals surface area contributed by atoms with E-state index < -0.39 is 0 Å². The van der Waals surface area contributed by atoms with Crippen LogP contribution in [0.15, 0.2) is 12.2 Å². The molecule has 3 atom stereocenters. The second kappa shape index (κ2) is 5.70. The third kappa shape index (κ3) is 3.34. The lowest BCUT2D eigenvalue weighted by molar-refractivity contribution is -0.129. The highest BCUT2D eigenvalue weighted by Crippen LogP contribution is 2.48. The summed E-state index contributed by atoms with van der Waals surface area (Å²) in [5.41, 5.74) is 0. The molecule has 17 heavy (non-hydrogen) atoms. The summed E-state index contributed by atoms with van der Waals surface area (Å²) in [6.07, 6.45) is 11.0. The first-order valence-electron chi connectivity index (χ1n) is 7.13. The molecule has 0 saturated heterocycles. The molecule has 96 valence electrons. The van der Waals surface area contributed by atoms with E-state index in [1.165, 1.54) is 25.7 Å². The maximum Gasteiger partial charge on any atom is 0.219 e. The molecule has 1 amide bonds. The number of nitrogens with zero attached hydrogens (tertiary/aromatic N) is 1. The summed E-state index contributed by atoms with van der Waals surface area (Å²) in [7, 11) is 0. The van der Waals surface area contributed by atoms with Crippen LogP contribution >= 0.6 is 0 Å². The molecule has 0 N–H and O–H groups in total. The van der Waals surface area contributed by atoms with Crippen molar-refractivity contribution >= 4 is 5.91 Å². The molecule has 2 rings (SSSR count). The van der Waals surface area contributed by atoms with Crippen LogP contribution < -0.4 is 0 Å². The fourth-order valence-electron chi connectivity index (χ4n) is 3.19. The van der Waals surface area contributed by atoms with Gasteiger partial charge in [-0.3, -0.25) is 4.79 Å². The number of carbonyl (C=O) groups is 1. The third-order valence-electron chi connectivity index (χ3n) is 4.29. The van der Waals surface area contributed by atoms with Gasteiger partial charge in [0, 0.05) is 20.0 Å². The first-order chi connectivity index (χ1) is 8.22. The van der Waals surface area contributed by atoms with Gasteiger partial charge in [-0.15, -0.1) is 0 Å². The van der Waals surface area contributed by atoms with Gasteiger partial charge >= 0.3 is 0 Å². The van der Waals surface area contributed by atoms with Crippen molar-refractivity contribution < 1.29 is 4.79 Å². The normalized spacial score (nSPS) is 31.3. The predicted octanol–water partition coefficient (Wildman–Crippen LogP) is 3.24. The average molecular weight is 235 g/mol. The number of amides is 1. The summed E-state index contributed by atoms with van der Waals surface area (Å²) in [4.78, 5) is 13.5. The summed E-state index contributed by atoms with van der Waals surface area (Å²) in [5, 5.41) is 0. The van der Waals surface area contributed by atoms with Crippen LogP contribution in [-0.4, -0.2) is 23.9 Å². The summed E-state index contributed by atoms with van der Waals surface area (Å²) >= 11 is 0. The molecule has 0 bridgehead atoms. The van der Waals surface area contributed by atoms with Gasteiger partial charge in [0.25, 0.3) is 0 Å². The minimum Gasteiger partial charge on any atom is -0.343 e. The van der Waals surface area contributed by atoms with Crippen LogP contribution in [0.3, 0.4) is 0 Å². The Hall–Kier alpha value is -0.790. The van der Waals surface area contributed by atoms with Gasteiger partial charge in [-0.25, -0.2) is 0 Å². The maximum atomic E-state index is 11.5. The smallest absolute Gasteiger partial charge is 0.219 e. The van der Waals surface area contributed by atoms with Gasteiger partial charge < -0.3 is 4.90 Å². The first-order valence-corrected chi connectivity index (χ1v) is 7.13. The number of hydrogen-bond donors (Lipinski definition) is 0. The second-order valence-corrected chi connectivity index (χ2v) is 5.67. The van der Waals surface area contributed by atoms with Crippen LogP contribution in [0.4, 0.5) is 0 Å². The van der Waals surface area contributed by atoms with Crippen LogP contribution in [0.25, 0.3) is 0 Å². The van der Waals surface area contributed by atoms with Gasteiger partial charge in [0.2, 0.25) is 5.91 Å². The molecule has 2 aliphatic carbocycles. The Morgan fingerprint density at radius 1 is 1.41 bits per heavy atom. The Kier molecular flexibility index (Phi) is 4.25. The molecule has 0 aromatic rings. The summed E-state index contributed by atoms with van der Waals surface area (Å²) in [6, 6.07) is 0. The van der Waals surface area contributed by atoms with Crippen LogP contribution in [-0.2, 0) is 4.79 Å². The minimum atomic E-state index is 0.251. The van der Waals surface area contributed by atoms with E-state index in [0.29, 0.717) is 0 Å². The third-order valence-corrected chi connectivity index (χ3v) is 4.29. The molecule has 0 heterocycles. The van der Waals surface area contributed by atoms with Crippen LogP contribution in [0, 0.1) is 17.8 Å². The van der Waals surface area contributed by atoms with Crippen molar-refractivity contribution in [2.45, 2.75) is 46.0 Å². The molecule has 0 radical (unpaired) electrons. The number of carbonyl (C=O) groups excluding carboxylic acids is 1. The van der Waals surface area contributed by atoms with Gasteiger partial charge in [-0.1, -0.05) is 19.1 Å². The summed E-state index contributed by atoms with van der Waals surface area (Å²) in [6.45, 7) is 5.79. The van der Waals surface area contributed by atoms with Gasteiger partial charge in [-0.05, 0) is 49.9 Å². The topological polar surface area (TPSA) is 20.3 Å². The van der Waals surface area contributed by atoms with E-state index in [1.807, 2.05) is 4.90 Å². The average Bonchev–Trinajstić information content (AvgIpc) is 3.09. The second-order valence-electron chi connectivity index (χ2n) is 5.67. The minimum absolute atomic E-state index is 0.251. The monoisotopic (exact) mass is 235 g/mol. The highest BCUT2D eigenvalue weighted by Gasteiger charge is 2.43. The molecule has 2 unspecified atom stereocenters. The van der Waals surface area contributed by atoms with E-state index in [0.717, 1.165) is 37.3 Å². The van der Waals surface area contributed by atoms with Gasteiger partial charge in [0.1, 0.15) is 0 Å². The van der Waals surface area contributed by atoms with Gasteiger partial charge in [0.05, 0.1) is 0 Å². The molecule has 0 spiro atoms. The van der Waals surface area contributed by atoms with Crippen LogP contribution in [0.2, 0.25) is 0 Å². The molecule has 0 aromatic heterocycles. The fourth-order valence-corrected chi connectivity index (χ4v) is 3.19. The van der Waals surface area contributed by atoms with E-state index >= 15 is 0 Å². The quantitative estimate of drug-likeness (QED) is 0.670. The van der Waals surface area contributed by atoms with Crippen molar-refractivity contribution in [1.29, 1.82) is 0 Å². The van der Waals surface area contributed by atoms with Crippen molar-refractivity contribution in [3.05, 3.63) is 12.2 Å². The summed E-state index contributed by atoms with van der Waals surface area (Å²) < 4.78 is 0. The number of rotatable bonds is 5. The zero-order valence-corrected chi connectivity index (χ0v) is 11.2. The van der Waals surface area contributed by atoms with E-state index in [-0.39, 0.29) is 5.91 Å². The number of allylic oxidation sites excluding steroid dienone is 2. The van der Waals surface area contributed by atoms with Crippen molar-refractivity contribution in [2.75, 3.05) is 13.1 Å². The molecule has 2 nitrogen and oxygen atoms in total. The maximum absolute atomic E-state index is 11.5. The molecular formula is C15H25NO. The molecule has 0 aromatic carbocycles. The van der Waals surface area contributed by atoms with Crippen molar-refractivity contribution in [1.82, 2.24) is 4.90 Å². The molecular weight excluding hydrogens is 210 g/mol. The SMILES string of the molecule is CCCN(C[C@H]1CC1C1CC=CCC1)C(C)=O. The molecule has 1 fully saturated rings. The van der Waals surface area contributed by atoms with Crippen molar-refractivity contribution in [3.8, 4) is 0 Å². The predicted molar refractivity (Wildman–Crippen MR) is 70.6 cm³/mol. The largest absolute Gasteiger partial charge is 0.343 e. The van der Waals surface area contributed by atoms with E-state index in [9.17, 15) is 4.79 Å². The Bertz CT molecular complexity index is 297. The lowest BCUT2D eigenvalue weighted by atomic mass is 9.89. The number of hydrogen-bond acceptors (Lipinski definition) is 1. The molecule has 0 aliphatic heterocycles. The Morgan fingerprint density at radius 2 is 2.24 bits per heavy atom. The lowest BCUT2D eigenvalue weighted by Crippen LogP contribution is -2.32. The van der Waals surface area contributed by atoms with Crippen molar-refractivity contribution in [3.63, 3.8) is 0 Å². The highest BCUT2D eigenvalue weighted by atomic mass is 16.2. The van der Waals surface area contributed by atoms with Gasteiger partial charge in [-0.2, -0.15) is 0 Å². The van der Waals surface area contributed by atoms with Crippen LogP contribution in [0.1, 0.15) is 46.0 Å². The Labute approximate surface area is 105 Å². The zero-order valence-electron chi connectivity index (χ0n) is 11.2. The van der Waals surface area contributed by atoms with Crippen LogP contribution in [0.5, 0.6) is 0 Å². The van der Waals surface area contributed by atoms with E-state index in [1.54, 1.807) is 6.92 Å². The molecule has 2 heteroatoms. The Morgan fingerprint density at radius 3 is 2.82 bits per heavy atom. The van der Waals surface area contributed by atoms with E-state index in [2.05, 4.69) is 19.1 Å². The fraction of sp³-hybridized carbons (Fsp3) is 0.800. The first kappa shape index (κ1) is 12.7. The van der Waals surface area contributed by atoms with E-state index in [4.69, 9.17) is 0 Å². The zero-order chi connectivity index (χ0) is 12.3. The highest BCUT2D eigenvalue weighted by molar-refractivity contribution is 5.73. The summed E-state index contributed by atoms with van der Waals surface area (Å²) in [5.74, 6) is 2.85. The van der Waals surface area contributed by atoms with Gasteiger partial charge in [0.15, 0.2) is 0 Å². The van der Waals surface area contributed by atoms with Crippen molar-refractivity contribution in [2.24, 2.45) is 17.8 Å². The molecule has 2 aliphatic rings. The standard InChI is InChI=1S/C15H25NO/c1-3-9-16(12(2)17)11-14-10-15(14)13-7-5-4-6-8-13/h4-5,13-15H,3,6-11H2,1-2H3/t13?,14-,15?/m1/s1. The molecule has 1 saturated carbocycles.